The van der Waals surface area contributed by atoms with E-state index >= 15 is 0 Å². The number of fused-ring (bicyclic) bond motifs is 1. The summed E-state index contributed by atoms with van der Waals surface area (Å²) in [7, 11) is 3.36. The summed E-state index contributed by atoms with van der Waals surface area (Å²) in [6.45, 7) is 4.41. The maximum Gasteiger partial charge on any atom is 0.148 e. The fourth-order valence-corrected chi connectivity index (χ4v) is 3.43. The summed E-state index contributed by atoms with van der Waals surface area (Å²) < 4.78 is 12.1. The molecule has 0 aliphatic carbocycles. The van der Waals surface area contributed by atoms with E-state index in [9.17, 15) is 0 Å². The lowest BCUT2D eigenvalue weighted by Crippen LogP contribution is -2.06. The van der Waals surface area contributed by atoms with Gasteiger partial charge in [-0.1, -0.05) is 35.9 Å². The number of pyridine rings is 1. The Morgan fingerprint density at radius 2 is 1.96 bits per heavy atom. The molecule has 1 aromatic heterocycles. The molecule has 0 aliphatic heterocycles. The second-order valence-corrected chi connectivity index (χ2v) is 7.04. The topological polar surface area (TPSA) is 31.4 Å². The number of benzene rings is 1. The number of methoxy groups -OCH3 is 2. The second-order valence-electron chi connectivity index (χ2n) is 5.97. The number of hydrogen-bond donors (Lipinski definition) is 0. The van der Waals surface area contributed by atoms with Crippen LogP contribution >= 0.6 is 22.6 Å². The number of halogens is 1. The highest BCUT2D eigenvalue weighted by atomic mass is 127. The summed E-state index contributed by atoms with van der Waals surface area (Å²) in [6, 6.07) is 6.16. The molecular weight excluding hydrogens is 401 g/mol. The first-order chi connectivity index (χ1) is 11.1. The van der Waals surface area contributed by atoms with Crippen LogP contribution in [0.2, 0.25) is 0 Å². The predicted molar refractivity (Wildman–Crippen MR) is 105 cm³/mol. The first kappa shape index (κ1) is 18.3. The predicted octanol–water partition coefficient (Wildman–Crippen LogP) is 5.34. The molecule has 1 heterocycles. The van der Waals surface area contributed by atoms with Crippen LogP contribution in [0, 0.1) is 12.8 Å². The van der Waals surface area contributed by atoms with Gasteiger partial charge in [0.2, 0.25) is 0 Å². The van der Waals surface area contributed by atoms with Crippen LogP contribution in [-0.2, 0) is 6.42 Å². The van der Waals surface area contributed by atoms with Crippen LogP contribution in [0.5, 0.6) is 11.5 Å². The van der Waals surface area contributed by atoms with Crippen LogP contribution in [0.3, 0.4) is 0 Å². The number of hydrogen-bond acceptors (Lipinski definition) is 3. The quantitative estimate of drug-likeness (QED) is 0.421. The van der Waals surface area contributed by atoms with Crippen LogP contribution in [0.25, 0.3) is 10.9 Å². The Morgan fingerprint density at radius 1 is 1.17 bits per heavy atom. The van der Waals surface area contributed by atoms with E-state index in [0.29, 0.717) is 5.92 Å². The van der Waals surface area contributed by atoms with Crippen LogP contribution in [0.15, 0.2) is 18.2 Å². The van der Waals surface area contributed by atoms with Crippen molar-refractivity contribution in [3.63, 3.8) is 0 Å². The second kappa shape index (κ2) is 8.71. The Kier molecular flexibility index (Phi) is 6.93. The smallest absolute Gasteiger partial charge is 0.148 e. The third-order valence-electron chi connectivity index (χ3n) is 4.39. The number of aromatic nitrogens is 1. The largest absolute Gasteiger partial charge is 0.497 e. The first-order valence-corrected chi connectivity index (χ1v) is 9.73. The van der Waals surface area contributed by atoms with Crippen molar-refractivity contribution < 1.29 is 9.47 Å². The van der Waals surface area contributed by atoms with Gasteiger partial charge in [0, 0.05) is 17.1 Å². The highest BCUT2D eigenvalue weighted by molar-refractivity contribution is 14.1. The zero-order valence-electron chi connectivity index (χ0n) is 14.5. The van der Waals surface area contributed by atoms with Gasteiger partial charge in [0.05, 0.1) is 14.2 Å². The van der Waals surface area contributed by atoms with Crippen molar-refractivity contribution in [2.75, 3.05) is 18.6 Å². The molecule has 4 heteroatoms. The van der Waals surface area contributed by atoms with E-state index in [4.69, 9.17) is 14.5 Å². The Balaban J connectivity index is 2.39. The van der Waals surface area contributed by atoms with Crippen LogP contribution in [0.4, 0.5) is 0 Å². The highest BCUT2D eigenvalue weighted by Gasteiger charge is 2.13. The van der Waals surface area contributed by atoms with Gasteiger partial charge in [0.1, 0.15) is 17.0 Å². The standard InChI is InChI=1S/C19H26INO2/c1-5-14(7-6-8-20)10-15-9-13(2)17-11-16(22-3)12-18(23-4)19(17)21-15/h9,11-12,14H,5-8,10H2,1-4H3. The van der Waals surface area contributed by atoms with Gasteiger partial charge >= 0.3 is 0 Å². The van der Waals surface area contributed by atoms with Gasteiger partial charge in [-0.25, -0.2) is 4.98 Å². The van der Waals surface area contributed by atoms with Crippen molar-refractivity contribution >= 4 is 33.5 Å². The molecule has 0 radical (unpaired) electrons. The Hall–Kier alpha value is -1.04. The summed E-state index contributed by atoms with van der Waals surface area (Å²) in [5, 5.41) is 1.10. The normalized spacial score (nSPS) is 12.4. The fraction of sp³-hybridized carbons (Fsp3) is 0.526. The Bertz CT molecular complexity index is 657. The third-order valence-corrected chi connectivity index (χ3v) is 5.15. The molecule has 3 nitrogen and oxygen atoms in total. The van der Waals surface area contributed by atoms with Gasteiger partial charge in [0.25, 0.3) is 0 Å². The molecule has 1 atom stereocenters. The first-order valence-electron chi connectivity index (χ1n) is 8.21. The number of ether oxygens (including phenoxy) is 2. The summed E-state index contributed by atoms with van der Waals surface area (Å²) >= 11 is 2.46. The molecule has 2 aromatic rings. The lowest BCUT2D eigenvalue weighted by Gasteiger charge is -2.16. The zero-order valence-corrected chi connectivity index (χ0v) is 16.6. The number of nitrogens with zero attached hydrogens (tertiary/aromatic N) is 1. The van der Waals surface area contributed by atoms with Gasteiger partial charge in [-0.15, -0.1) is 0 Å². The molecular formula is C19H26INO2. The van der Waals surface area contributed by atoms with Crippen molar-refractivity contribution in [3.8, 4) is 11.5 Å². The van der Waals surface area contributed by atoms with Crippen LogP contribution in [0.1, 0.15) is 37.4 Å². The Morgan fingerprint density at radius 3 is 2.57 bits per heavy atom. The minimum atomic E-state index is 0.707. The molecule has 0 bridgehead atoms. The lowest BCUT2D eigenvalue weighted by atomic mass is 9.94. The highest BCUT2D eigenvalue weighted by Crippen LogP contribution is 2.32. The van der Waals surface area contributed by atoms with E-state index in [1.54, 1.807) is 14.2 Å². The van der Waals surface area contributed by atoms with Crippen molar-refractivity contribution in [2.45, 2.75) is 39.5 Å². The van der Waals surface area contributed by atoms with E-state index in [1.807, 2.05) is 12.1 Å². The molecule has 1 unspecified atom stereocenters. The molecule has 0 spiro atoms. The van der Waals surface area contributed by atoms with Crippen molar-refractivity contribution in [1.29, 1.82) is 0 Å². The summed E-state index contributed by atoms with van der Waals surface area (Å²) in [6.07, 6.45) is 4.80. The van der Waals surface area contributed by atoms with E-state index < -0.39 is 0 Å². The molecule has 0 saturated carbocycles. The molecule has 23 heavy (non-hydrogen) atoms. The van der Waals surface area contributed by atoms with Crippen molar-refractivity contribution in [3.05, 3.63) is 29.5 Å². The molecule has 2 rings (SSSR count). The van der Waals surface area contributed by atoms with Crippen LogP contribution in [-0.4, -0.2) is 23.6 Å². The van der Waals surface area contributed by atoms with Crippen LogP contribution < -0.4 is 9.47 Å². The minimum Gasteiger partial charge on any atom is -0.497 e. The van der Waals surface area contributed by atoms with E-state index in [0.717, 1.165) is 28.8 Å². The van der Waals surface area contributed by atoms with E-state index in [1.165, 1.54) is 34.9 Å². The van der Waals surface area contributed by atoms with Gasteiger partial charge < -0.3 is 9.47 Å². The summed E-state index contributed by atoms with van der Waals surface area (Å²) in [5.74, 6) is 2.29. The average Bonchev–Trinajstić information content (AvgIpc) is 2.57. The SMILES string of the molecule is CCC(CCCI)Cc1cc(C)c2cc(OC)cc(OC)c2n1. The van der Waals surface area contributed by atoms with E-state index in [-0.39, 0.29) is 0 Å². The average molecular weight is 427 g/mol. The number of aryl methyl sites for hydroxylation is 1. The van der Waals surface area contributed by atoms with Gasteiger partial charge in [-0.3, -0.25) is 0 Å². The van der Waals surface area contributed by atoms with Gasteiger partial charge in [-0.2, -0.15) is 0 Å². The molecule has 0 N–H and O–H groups in total. The maximum atomic E-state index is 5.53. The van der Waals surface area contributed by atoms with E-state index in [2.05, 4.69) is 42.5 Å². The Labute approximate surface area is 152 Å². The zero-order chi connectivity index (χ0) is 16.8. The van der Waals surface area contributed by atoms with Crippen molar-refractivity contribution in [1.82, 2.24) is 4.98 Å². The van der Waals surface area contributed by atoms with Crippen molar-refractivity contribution in [2.24, 2.45) is 5.92 Å². The molecule has 1 aromatic carbocycles. The summed E-state index contributed by atoms with van der Waals surface area (Å²) in [5.41, 5.74) is 3.33. The number of alkyl halides is 1. The van der Waals surface area contributed by atoms with Gasteiger partial charge in [-0.05, 0) is 54.2 Å². The molecule has 0 amide bonds. The number of rotatable bonds is 8. The summed E-state index contributed by atoms with van der Waals surface area (Å²) in [4.78, 5) is 4.90. The monoisotopic (exact) mass is 427 g/mol. The third kappa shape index (κ3) is 4.49. The fourth-order valence-electron chi connectivity index (χ4n) is 2.99. The maximum absolute atomic E-state index is 5.53. The lowest BCUT2D eigenvalue weighted by molar-refractivity contribution is 0.397. The molecule has 126 valence electrons. The molecule has 0 fully saturated rings. The minimum absolute atomic E-state index is 0.707. The molecule has 0 saturated heterocycles. The molecule has 0 aliphatic rings. The van der Waals surface area contributed by atoms with Gasteiger partial charge in [0.15, 0.2) is 0 Å².